The number of rotatable bonds is 2. The van der Waals surface area contributed by atoms with Gasteiger partial charge < -0.3 is 4.90 Å². The first-order valence-electron chi connectivity index (χ1n) is 3.93. The van der Waals surface area contributed by atoms with Crippen LogP contribution in [0.5, 0.6) is 0 Å². The Kier molecular flexibility index (Phi) is 4.27. The van der Waals surface area contributed by atoms with E-state index in [0.717, 1.165) is 4.38 Å². The zero-order valence-corrected chi connectivity index (χ0v) is 10.2. The van der Waals surface area contributed by atoms with Gasteiger partial charge in [0.05, 0.1) is 0 Å². The molecule has 0 fully saturated rings. The third-order valence-corrected chi connectivity index (χ3v) is 3.29. The van der Waals surface area contributed by atoms with E-state index < -0.39 is 0 Å². The SMILES string of the molecule is CSC(=Nc1nc(N(C)C)n[nH]1)SC. The largest absolute Gasteiger partial charge is 0.346 e. The molecule has 0 spiro atoms. The van der Waals surface area contributed by atoms with Crippen molar-refractivity contribution in [2.45, 2.75) is 0 Å². The van der Waals surface area contributed by atoms with Gasteiger partial charge in [0.15, 0.2) is 0 Å². The van der Waals surface area contributed by atoms with E-state index in [2.05, 4.69) is 20.2 Å². The van der Waals surface area contributed by atoms with Gasteiger partial charge in [-0.05, 0) is 12.5 Å². The molecule has 1 aromatic rings. The first kappa shape index (κ1) is 11.4. The maximum absolute atomic E-state index is 4.29. The smallest absolute Gasteiger partial charge is 0.248 e. The Morgan fingerprint density at radius 3 is 2.43 bits per heavy atom. The summed E-state index contributed by atoms with van der Waals surface area (Å²) in [7, 11) is 3.78. The van der Waals surface area contributed by atoms with E-state index in [4.69, 9.17) is 0 Å². The van der Waals surface area contributed by atoms with Crippen LogP contribution in [0.1, 0.15) is 0 Å². The number of anilines is 1. The fourth-order valence-corrected chi connectivity index (χ4v) is 1.78. The van der Waals surface area contributed by atoms with E-state index in [1.165, 1.54) is 0 Å². The molecule has 1 rings (SSSR count). The van der Waals surface area contributed by atoms with Gasteiger partial charge in [0.1, 0.15) is 4.38 Å². The van der Waals surface area contributed by atoms with E-state index in [0.29, 0.717) is 11.9 Å². The van der Waals surface area contributed by atoms with Crippen molar-refractivity contribution in [1.29, 1.82) is 0 Å². The lowest BCUT2D eigenvalue weighted by Gasteiger charge is -2.03. The number of hydrogen-bond donors (Lipinski definition) is 1. The number of aliphatic imine (C=N–C) groups is 1. The van der Waals surface area contributed by atoms with Crippen LogP contribution in [0, 0.1) is 0 Å². The van der Waals surface area contributed by atoms with Crippen molar-refractivity contribution in [3.63, 3.8) is 0 Å². The minimum Gasteiger partial charge on any atom is -0.346 e. The summed E-state index contributed by atoms with van der Waals surface area (Å²) in [6.45, 7) is 0. The zero-order chi connectivity index (χ0) is 10.6. The monoisotopic (exact) mass is 231 g/mol. The van der Waals surface area contributed by atoms with Crippen molar-refractivity contribution in [3.05, 3.63) is 0 Å². The number of H-pyrrole nitrogens is 1. The van der Waals surface area contributed by atoms with E-state index >= 15 is 0 Å². The molecule has 0 saturated carbocycles. The number of nitrogens with zero attached hydrogens (tertiary/aromatic N) is 4. The number of hydrogen-bond acceptors (Lipinski definition) is 6. The Morgan fingerprint density at radius 1 is 1.36 bits per heavy atom. The van der Waals surface area contributed by atoms with Gasteiger partial charge in [-0.1, -0.05) is 0 Å². The zero-order valence-electron chi connectivity index (χ0n) is 8.61. The number of aromatic nitrogens is 3. The van der Waals surface area contributed by atoms with Crippen molar-refractivity contribution < 1.29 is 0 Å². The molecule has 0 saturated heterocycles. The number of thioether (sulfide) groups is 2. The first-order chi connectivity index (χ1) is 6.67. The minimum absolute atomic E-state index is 0.549. The summed E-state index contributed by atoms with van der Waals surface area (Å²) in [6.07, 6.45) is 3.97. The van der Waals surface area contributed by atoms with Crippen LogP contribution in [0.15, 0.2) is 4.99 Å². The molecule has 0 atom stereocenters. The molecule has 14 heavy (non-hydrogen) atoms. The molecule has 0 bridgehead atoms. The molecule has 0 aliphatic rings. The number of nitrogens with one attached hydrogen (secondary N) is 1. The van der Waals surface area contributed by atoms with Crippen molar-refractivity contribution in [1.82, 2.24) is 15.2 Å². The standard InChI is InChI=1S/C7H13N5S2/c1-12(2)6-8-5(10-11-6)9-7(13-3)14-4/h1-4H3,(H,8,10,11). The highest BCUT2D eigenvalue weighted by Gasteiger charge is 2.04. The Morgan fingerprint density at radius 2 is 2.00 bits per heavy atom. The van der Waals surface area contributed by atoms with Crippen LogP contribution >= 0.6 is 23.5 Å². The molecule has 5 nitrogen and oxygen atoms in total. The summed E-state index contributed by atoms with van der Waals surface area (Å²) >= 11 is 3.19. The average molecular weight is 231 g/mol. The second kappa shape index (κ2) is 5.26. The molecule has 0 unspecified atom stereocenters. The van der Waals surface area contributed by atoms with Gasteiger partial charge in [-0.3, -0.25) is 0 Å². The summed E-state index contributed by atoms with van der Waals surface area (Å²) in [4.78, 5) is 10.3. The van der Waals surface area contributed by atoms with E-state index in [1.54, 1.807) is 23.5 Å². The van der Waals surface area contributed by atoms with Crippen LogP contribution in [-0.2, 0) is 0 Å². The predicted molar refractivity (Wildman–Crippen MR) is 64.8 cm³/mol. The van der Waals surface area contributed by atoms with Crippen LogP contribution in [-0.4, -0.2) is 46.2 Å². The lowest BCUT2D eigenvalue weighted by molar-refractivity contribution is 0.998. The lowest BCUT2D eigenvalue weighted by Crippen LogP contribution is -2.10. The third kappa shape index (κ3) is 2.91. The van der Waals surface area contributed by atoms with Gasteiger partial charge in [0.2, 0.25) is 11.9 Å². The van der Waals surface area contributed by atoms with Crippen molar-refractivity contribution in [2.75, 3.05) is 31.5 Å². The van der Waals surface area contributed by atoms with Crippen molar-refractivity contribution in [3.8, 4) is 0 Å². The van der Waals surface area contributed by atoms with Gasteiger partial charge in [0, 0.05) is 14.1 Å². The van der Waals surface area contributed by atoms with Crippen LogP contribution in [0.4, 0.5) is 11.9 Å². The quantitative estimate of drug-likeness (QED) is 0.618. The summed E-state index contributed by atoms with van der Waals surface area (Å²) in [6, 6.07) is 0. The molecule has 0 radical (unpaired) electrons. The molecule has 1 heterocycles. The van der Waals surface area contributed by atoms with E-state index in [9.17, 15) is 0 Å². The van der Waals surface area contributed by atoms with Gasteiger partial charge in [-0.2, -0.15) is 9.98 Å². The molecular weight excluding hydrogens is 218 g/mol. The highest BCUT2D eigenvalue weighted by Crippen LogP contribution is 2.17. The molecule has 1 N–H and O–H groups in total. The fourth-order valence-electron chi connectivity index (χ4n) is 0.756. The molecule has 0 amide bonds. The molecular formula is C7H13N5S2. The molecule has 78 valence electrons. The Hall–Kier alpha value is -0.690. The number of aromatic amines is 1. The van der Waals surface area contributed by atoms with Gasteiger partial charge >= 0.3 is 0 Å². The Balaban J connectivity index is 2.81. The lowest BCUT2D eigenvalue weighted by atomic mass is 10.8. The summed E-state index contributed by atoms with van der Waals surface area (Å²) in [5, 5.41) is 6.77. The van der Waals surface area contributed by atoms with Gasteiger partial charge in [0.25, 0.3) is 0 Å². The van der Waals surface area contributed by atoms with Gasteiger partial charge in [-0.25, -0.2) is 5.10 Å². The highest BCUT2D eigenvalue weighted by atomic mass is 32.2. The molecule has 0 aliphatic heterocycles. The van der Waals surface area contributed by atoms with E-state index in [-0.39, 0.29) is 0 Å². The minimum atomic E-state index is 0.549. The van der Waals surface area contributed by atoms with Crippen LogP contribution in [0.2, 0.25) is 0 Å². The normalized spacial score (nSPS) is 10.0. The van der Waals surface area contributed by atoms with Crippen molar-refractivity contribution >= 4 is 39.8 Å². The van der Waals surface area contributed by atoms with Crippen LogP contribution in [0.25, 0.3) is 0 Å². The van der Waals surface area contributed by atoms with Crippen LogP contribution in [0.3, 0.4) is 0 Å². The topological polar surface area (TPSA) is 57.2 Å². The van der Waals surface area contributed by atoms with Crippen LogP contribution < -0.4 is 4.90 Å². The first-order valence-corrected chi connectivity index (χ1v) is 6.38. The maximum atomic E-state index is 4.29. The highest BCUT2D eigenvalue weighted by molar-refractivity contribution is 8.38. The molecule has 7 heteroatoms. The Bertz CT molecular complexity index is 314. The molecule has 1 aromatic heterocycles. The molecule has 0 aliphatic carbocycles. The van der Waals surface area contributed by atoms with Crippen molar-refractivity contribution in [2.24, 2.45) is 4.99 Å². The summed E-state index contributed by atoms with van der Waals surface area (Å²) in [5.74, 6) is 1.19. The summed E-state index contributed by atoms with van der Waals surface area (Å²) in [5.41, 5.74) is 0. The van der Waals surface area contributed by atoms with Gasteiger partial charge in [-0.15, -0.1) is 28.6 Å². The Labute approximate surface area is 91.8 Å². The average Bonchev–Trinajstić information content (AvgIpc) is 2.62. The predicted octanol–water partition coefficient (Wildman–Crippen LogP) is 1.58. The van der Waals surface area contributed by atoms with E-state index in [1.807, 2.05) is 31.5 Å². The fraction of sp³-hybridized carbons (Fsp3) is 0.571. The summed E-state index contributed by atoms with van der Waals surface area (Å²) < 4.78 is 0.964. The second-order valence-corrected chi connectivity index (χ2v) is 4.49. The second-order valence-electron chi connectivity index (χ2n) is 2.64. The maximum Gasteiger partial charge on any atom is 0.248 e. The molecule has 0 aromatic carbocycles. The third-order valence-electron chi connectivity index (χ3n) is 1.41.